The average molecular weight is 241 g/mol. The summed E-state index contributed by atoms with van der Waals surface area (Å²) < 4.78 is 0. The number of carbonyl (C=O) groups excluding carboxylic acids is 1. The summed E-state index contributed by atoms with van der Waals surface area (Å²) in [5.74, 6) is -0.0161. The van der Waals surface area contributed by atoms with Gasteiger partial charge in [0.05, 0.1) is 5.54 Å². The Labute approximate surface area is 102 Å². The van der Waals surface area contributed by atoms with Crippen LogP contribution in [0.15, 0.2) is 30.3 Å². The molecule has 0 bridgehead atoms. The molecule has 0 saturated heterocycles. The fourth-order valence-electron chi connectivity index (χ4n) is 1.74. The Morgan fingerprint density at radius 2 is 1.94 bits per heavy atom. The molecule has 0 atom stereocenters. The number of benzene rings is 1. The molecule has 1 aromatic carbocycles. The van der Waals surface area contributed by atoms with Gasteiger partial charge in [0.25, 0.3) is 0 Å². The highest BCUT2D eigenvalue weighted by atomic mass is 35.5. The lowest BCUT2D eigenvalue weighted by atomic mass is 9.77. The number of hydrogen-bond donors (Lipinski definition) is 2. The van der Waals surface area contributed by atoms with Gasteiger partial charge in [-0.2, -0.15) is 0 Å². The lowest BCUT2D eigenvalue weighted by molar-refractivity contribution is -0.129. The first kappa shape index (κ1) is 13.0. The largest absolute Gasteiger partial charge is 0.350 e. The fraction of sp³-hybridized carbons (Fsp3) is 0.417. The normalized spacial score (nSPS) is 16.8. The minimum absolute atomic E-state index is 0. The molecule has 0 heterocycles. The van der Waals surface area contributed by atoms with E-state index in [0.717, 1.165) is 24.8 Å². The second-order valence-corrected chi connectivity index (χ2v) is 4.18. The van der Waals surface area contributed by atoms with Gasteiger partial charge in [-0.3, -0.25) is 4.79 Å². The highest BCUT2D eigenvalue weighted by molar-refractivity contribution is 5.86. The highest BCUT2D eigenvalue weighted by Crippen LogP contribution is 2.29. The number of rotatable bonds is 3. The molecule has 0 aromatic heterocycles. The summed E-state index contributed by atoms with van der Waals surface area (Å²) in [6, 6.07) is 9.86. The smallest absolute Gasteiger partial charge is 0.240 e. The number of hydrogen-bond acceptors (Lipinski definition) is 2. The molecule has 1 aromatic rings. The molecule has 4 heteroatoms. The molecule has 1 aliphatic carbocycles. The maximum absolute atomic E-state index is 11.7. The van der Waals surface area contributed by atoms with Crippen molar-refractivity contribution in [2.24, 2.45) is 5.73 Å². The van der Waals surface area contributed by atoms with Crippen molar-refractivity contribution in [2.45, 2.75) is 31.3 Å². The summed E-state index contributed by atoms with van der Waals surface area (Å²) in [6.45, 7) is 0.568. The Bertz CT molecular complexity index is 349. The van der Waals surface area contributed by atoms with Crippen LogP contribution in [0.3, 0.4) is 0 Å². The topological polar surface area (TPSA) is 55.1 Å². The van der Waals surface area contributed by atoms with Crippen molar-refractivity contribution >= 4 is 18.3 Å². The van der Waals surface area contributed by atoms with Gasteiger partial charge in [0.1, 0.15) is 0 Å². The van der Waals surface area contributed by atoms with Crippen LogP contribution in [0.2, 0.25) is 0 Å². The molecule has 3 nitrogen and oxygen atoms in total. The average Bonchev–Trinajstić information content (AvgIpc) is 2.24. The first-order valence-electron chi connectivity index (χ1n) is 5.32. The Hall–Kier alpha value is -1.06. The maximum Gasteiger partial charge on any atom is 0.240 e. The van der Waals surface area contributed by atoms with Crippen molar-refractivity contribution in [3.05, 3.63) is 35.9 Å². The molecule has 0 radical (unpaired) electrons. The quantitative estimate of drug-likeness (QED) is 0.844. The monoisotopic (exact) mass is 240 g/mol. The molecule has 1 fully saturated rings. The Morgan fingerprint density at radius 1 is 1.31 bits per heavy atom. The van der Waals surface area contributed by atoms with Crippen molar-refractivity contribution in [2.75, 3.05) is 0 Å². The van der Waals surface area contributed by atoms with E-state index in [1.165, 1.54) is 0 Å². The molecule has 1 amide bonds. The molecule has 0 aliphatic heterocycles. The second kappa shape index (κ2) is 5.32. The van der Waals surface area contributed by atoms with E-state index in [0.29, 0.717) is 6.54 Å². The van der Waals surface area contributed by atoms with E-state index in [1.807, 2.05) is 30.3 Å². The van der Waals surface area contributed by atoms with E-state index in [1.54, 1.807) is 0 Å². The highest BCUT2D eigenvalue weighted by Gasteiger charge is 2.39. The fourth-order valence-corrected chi connectivity index (χ4v) is 1.74. The van der Waals surface area contributed by atoms with Crippen LogP contribution in [-0.4, -0.2) is 11.4 Å². The minimum Gasteiger partial charge on any atom is -0.350 e. The molecule has 16 heavy (non-hydrogen) atoms. The maximum atomic E-state index is 11.7. The van der Waals surface area contributed by atoms with Crippen LogP contribution < -0.4 is 11.1 Å². The Balaban J connectivity index is 0.00000128. The van der Waals surface area contributed by atoms with Crippen LogP contribution in [0.4, 0.5) is 0 Å². The van der Waals surface area contributed by atoms with Gasteiger partial charge in [0.2, 0.25) is 5.91 Å². The lowest BCUT2D eigenvalue weighted by Gasteiger charge is -2.36. The van der Waals surface area contributed by atoms with E-state index in [9.17, 15) is 4.79 Å². The van der Waals surface area contributed by atoms with Crippen molar-refractivity contribution in [3.63, 3.8) is 0 Å². The zero-order chi connectivity index (χ0) is 10.7. The molecule has 0 unspecified atom stereocenters. The van der Waals surface area contributed by atoms with Crippen LogP contribution in [-0.2, 0) is 11.3 Å². The van der Waals surface area contributed by atoms with E-state index in [2.05, 4.69) is 5.32 Å². The summed E-state index contributed by atoms with van der Waals surface area (Å²) in [7, 11) is 0. The number of carbonyl (C=O) groups is 1. The second-order valence-electron chi connectivity index (χ2n) is 4.18. The summed E-state index contributed by atoms with van der Waals surface area (Å²) in [6.07, 6.45) is 2.69. The van der Waals surface area contributed by atoms with Gasteiger partial charge in [-0.15, -0.1) is 12.4 Å². The van der Waals surface area contributed by atoms with E-state index in [-0.39, 0.29) is 18.3 Å². The number of halogens is 1. The van der Waals surface area contributed by atoms with Crippen LogP contribution in [0.1, 0.15) is 24.8 Å². The van der Waals surface area contributed by atoms with Crippen molar-refractivity contribution in [1.82, 2.24) is 5.32 Å². The van der Waals surface area contributed by atoms with Crippen LogP contribution in [0.25, 0.3) is 0 Å². The molecular weight excluding hydrogens is 224 g/mol. The van der Waals surface area contributed by atoms with Gasteiger partial charge in [-0.25, -0.2) is 0 Å². The standard InChI is InChI=1S/C12H16N2O.ClH/c13-12(7-4-8-12)11(15)14-9-10-5-2-1-3-6-10;/h1-3,5-6H,4,7-9,13H2,(H,14,15);1H. The van der Waals surface area contributed by atoms with Crippen LogP contribution in [0, 0.1) is 0 Å². The number of nitrogens with one attached hydrogen (secondary N) is 1. The molecular formula is C12H17ClN2O. The first-order valence-corrected chi connectivity index (χ1v) is 5.32. The van der Waals surface area contributed by atoms with Gasteiger partial charge in [-0.1, -0.05) is 30.3 Å². The number of nitrogens with two attached hydrogens (primary N) is 1. The van der Waals surface area contributed by atoms with Crippen molar-refractivity contribution in [1.29, 1.82) is 0 Å². The zero-order valence-corrected chi connectivity index (χ0v) is 9.93. The van der Waals surface area contributed by atoms with Gasteiger partial charge >= 0.3 is 0 Å². The minimum atomic E-state index is -0.589. The van der Waals surface area contributed by atoms with Crippen LogP contribution in [0.5, 0.6) is 0 Å². The molecule has 1 saturated carbocycles. The molecule has 1 aliphatic rings. The van der Waals surface area contributed by atoms with Gasteiger partial charge in [0, 0.05) is 6.54 Å². The van der Waals surface area contributed by atoms with E-state index < -0.39 is 5.54 Å². The number of amides is 1. The van der Waals surface area contributed by atoms with Crippen LogP contribution >= 0.6 is 12.4 Å². The summed E-state index contributed by atoms with van der Waals surface area (Å²) in [5, 5.41) is 2.88. The van der Waals surface area contributed by atoms with Gasteiger partial charge in [0.15, 0.2) is 0 Å². The SMILES string of the molecule is Cl.NC1(C(=O)NCc2ccccc2)CCC1. The Morgan fingerprint density at radius 3 is 2.44 bits per heavy atom. The summed E-state index contributed by atoms with van der Waals surface area (Å²) in [4.78, 5) is 11.7. The van der Waals surface area contributed by atoms with Gasteiger partial charge in [-0.05, 0) is 24.8 Å². The predicted molar refractivity (Wildman–Crippen MR) is 66.3 cm³/mol. The summed E-state index contributed by atoms with van der Waals surface area (Å²) in [5.41, 5.74) is 6.42. The third-order valence-corrected chi connectivity index (χ3v) is 2.99. The third-order valence-electron chi connectivity index (χ3n) is 2.99. The van der Waals surface area contributed by atoms with Gasteiger partial charge < -0.3 is 11.1 Å². The summed E-state index contributed by atoms with van der Waals surface area (Å²) >= 11 is 0. The molecule has 2 rings (SSSR count). The molecule has 0 spiro atoms. The van der Waals surface area contributed by atoms with Crippen molar-refractivity contribution in [3.8, 4) is 0 Å². The predicted octanol–water partition coefficient (Wildman–Crippen LogP) is 1.61. The lowest BCUT2D eigenvalue weighted by Crippen LogP contribution is -2.58. The zero-order valence-electron chi connectivity index (χ0n) is 9.11. The third kappa shape index (κ3) is 2.74. The van der Waals surface area contributed by atoms with E-state index in [4.69, 9.17) is 5.73 Å². The molecule has 88 valence electrons. The van der Waals surface area contributed by atoms with Crippen molar-refractivity contribution < 1.29 is 4.79 Å². The van der Waals surface area contributed by atoms with E-state index >= 15 is 0 Å². The first-order chi connectivity index (χ1) is 7.21. The Kier molecular flexibility index (Phi) is 4.33. The molecule has 3 N–H and O–H groups in total.